The zero-order valence-electron chi connectivity index (χ0n) is 11.3. The smallest absolute Gasteiger partial charge is 0.341 e. The number of hydrogen-bond acceptors (Lipinski definition) is 5. The molecule has 102 valence electrons. The van der Waals surface area contributed by atoms with E-state index in [4.69, 9.17) is 9.68 Å². The standard InChI is InChI=1S/C15H14N2O3/c1-10-14(15(18)19-2)7-13(20-10)9-17-12-5-3-11(8-16)4-6-12/h3-7,17H,9H2,1-2H3. The van der Waals surface area contributed by atoms with Gasteiger partial charge in [-0.3, -0.25) is 0 Å². The third kappa shape index (κ3) is 2.98. The minimum absolute atomic E-state index is 0.407. The van der Waals surface area contributed by atoms with Gasteiger partial charge in [-0.1, -0.05) is 0 Å². The van der Waals surface area contributed by atoms with E-state index in [9.17, 15) is 4.79 Å². The molecule has 2 aromatic rings. The Bertz CT molecular complexity index is 651. The van der Waals surface area contributed by atoms with Crippen LogP contribution in [0, 0.1) is 18.3 Å². The number of rotatable bonds is 4. The molecule has 0 spiro atoms. The number of anilines is 1. The minimum atomic E-state index is -0.407. The van der Waals surface area contributed by atoms with Crippen LogP contribution in [0.15, 0.2) is 34.7 Å². The molecule has 0 bridgehead atoms. The first-order valence-electron chi connectivity index (χ1n) is 6.05. The van der Waals surface area contributed by atoms with E-state index in [2.05, 4.69) is 16.1 Å². The minimum Gasteiger partial charge on any atom is -0.465 e. The molecule has 5 nitrogen and oxygen atoms in total. The van der Waals surface area contributed by atoms with Crippen molar-refractivity contribution in [2.24, 2.45) is 0 Å². The summed E-state index contributed by atoms with van der Waals surface area (Å²) in [4.78, 5) is 11.5. The summed E-state index contributed by atoms with van der Waals surface area (Å²) >= 11 is 0. The van der Waals surface area contributed by atoms with Crippen molar-refractivity contribution in [2.45, 2.75) is 13.5 Å². The highest BCUT2D eigenvalue weighted by Crippen LogP contribution is 2.17. The molecule has 5 heteroatoms. The van der Waals surface area contributed by atoms with Crippen LogP contribution in [-0.4, -0.2) is 13.1 Å². The van der Waals surface area contributed by atoms with E-state index in [1.807, 2.05) is 12.1 Å². The van der Waals surface area contributed by atoms with Gasteiger partial charge in [0.1, 0.15) is 17.1 Å². The molecule has 1 aromatic heterocycles. The average molecular weight is 270 g/mol. The molecule has 2 rings (SSSR count). The lowest BCUT2D eigenvalue weighted by atomic mass is 10.2. The molecular weight excluding hydrogens is 256 g/mol. The molecule has 1 N–H and O–H groups in total. The summed E-state index contributed by atoms with van der Waals surface area (Å²) in [5, 5.41) is 11.9. The molecule has 0 saturated heterocycles. The van der Waals surface area contributed by atoms with Crippen LogP contribution in [0.5, 0.6) is 0 Å². The average Bonchev–Trinajstić information content (AvgIpc) is 2.86. The van der Waals surface area contributed by atoms with E-state index in [-0.39, 0.29) is 0 Å². The lowest BCUT2D eigenvalue weighted by Gasteiger charge is -2.03. The van der Waals surface area contributed by atoms with Gasteiger partial charge in [-0.25, -0.2) is 4.79 Å². The van der Waals surface area contributed by atoms with Gasteiger partial charge in [0.15, 0.2) is 0 Å². The Morgan fingerprint density at radius 2 is 2.10 bits per heavy atom. The lowest BCUT2D eigenvalue weighted by Crippen LogP contribution is -2.01. The van der Waals surface area contributed by atoms with Crippen molar-refractivity contribution in [1.82, 2.24) is 0 Å². The highest BCUT2D eigenvalue weighted by molar-refractivity contribution is 5.90. The second kappa shape index (κ2) is 5.93. The van der Waals surface area contributed by atoms with Gasteiger partial charge >= 0.3 is 5.97 Å². The van der Waals surface area contributed by atoms with Gasteiger partial charge < -0.3 is 14.5 Å². The van der Waals surface area contributed by atoms with E-state index in [0.29, 0.717) is 29.2 Å². The number of nitrogens with one attached hydrogen (secondary N) is 1. The number of aryl methyl sites for hydroxylation is 1. The molecule has 0 saturated carbocycles. The van der Waals surface area contributed by atoms with E-state index < -0.39 is 5.97 Å². The molecule has 0 aliphatic rings. The molecule has 1 aromatic carbocycles. The molecule has 0 aliphatic carbocycles. The third-order valence-corrected chi connectivity index (χ3v) is 2.85. The quantitative estimate of drug-likeness (QED) is 0.864. The normalized spacial score (nSPS) is 9.85. The number of furan rings is 1. The first-order chi connectivity index (χ1) is 9.63. The van der Waals surface area contributed by atoms with Crippen LogP contribution in [0.2, 0.25) is 0 Å². The van der Waals surface area contributed by atoms with Gasteiger partial charge in [0, 0.05) is 5.69 Å². The number of hydrogen-bond donors (Lipinski definition) is 1. The van der Waals surface area contributed by atoms with E-state index in [1.165, 1.54) is 7.11 Å². The number of nitrogens with zero attached hydrogens (tertiary/aromatic N) is 1. The van der Waals surface area contributed by atoms with Gasteiger partial charge in [0.05, 0.1) is 25.3 Å². The van der Waals surface area contributed by atoms with Crippen LogP contribution in [0.3, 0.4) is 0 Å². The molecule has 0 aliphatic heterocycles. The van der Waals surface area contributed by atoms with Gasteiger partial charge in [-0.05, 0) is 37.3 Å². The largest absolute Gasteiger partial charge is 0.465 e. The summed E-state index contributed by atoms with van der Waals surface area (Å²) in [6.07, 6.45) is 0. The topological polar surface area (TPSA) is 75.3 Å². The summed E-state index contributed by atoms with van der Waals surface area (Å²) in [7, 11) is 1.34. The second-order valence-corrected chi connectivity index (χ2v) is 4.22. The molecule has 1 heterocycles. The maximum Gasteiger partial charge on any atom is 0.341 e. The third-order valence-electron chi connectivity index (χ3n) is 2.85. The maximum absolute atomic E-state index is 11.5. The lowest BCUT2D eigenvalue weighted by molar-refractivity contribution is 0.0599. The van der Waals surface area contributed by atoms with E-state index >= 15 is 0 Å². The van der Waals surface area contributed by atoms with Crippen LogP contribution in [0.1, 0.15) is 27.4 Å². The highest BCUT2D eigenvalue weighted by Gasteiger charge is 2.14. The Balaban J connectivity index is 2.03. The first-order valence-corrected chi connectivity index (χ1v) is 6.05. The van der Waals surface area contributed by atoms with Crippen molar-refractivity contribution in [3.05, 3.63) is 53.0 Å². The second-order valence-electron chi connectivity index (χ2n) is 4.22. The number of carbonyl (C=O) groups is 1. The number of carbonyl (C=O) groups excluding carboxylic acids is 1. The Kier molecular flexibility index (Phi) is 4.06. The van der Waals surface area contributed by atoms with Gasteiger partial charge in [-0.15, -0.1) is 0 Å². The molecule has 20 heavy (non-hydrogen) atoms. The van der Waals surface area contributed by atoms with Crippen molar-refractivity contribution < 1.29 is 13.9 Å². The Morgan fingerprint density at radius 1 is 1.40 bits per heavy atom. The van der Waals surface area contributed by atoms with Crippen molar-refractivity contribution in [3.63, 3.8) is 0 Å². The van der Waals surface area contributed by atoms with Gasteiger partial charge in [0.2, 0.25) is 0 Å². The van der Waals surface area contributed by atoms with Crippen LogP contribution in [0.25, 0.3) is 0 Å². The fourth-order valence-corrected chi connectivity index (χ4v) is 1.80. The number of esters is 1. The van der Waals surface area contributed by atoms with Crippen molar-refractivity contribution in [1.29, 1.82) is 5.26 Å². The Labute approximate surface area is 116 Å². The predicted molar refractivity (Wildman–Crippen MR) is 73.3 cm³/mol. The Hall–Kier alpha value is -2.74. The summed E-state index contributed by atoms with van der Waals surface area (Å²) in [5.74, 6) is 0.775. The predicted octanol–water partition coefficient (Wildman–Crippen LogP) is 2.86. The Morgan fingerprint density at radius 3 is 2.70 bits per heavy atom. The van der Waals surface area contributed by atoms with Crippen LogP contribution in [-0.2, 0) is 11.3 Å². The molecule has 0 unspecified atom stereocenters. The number of benzene rings is 1. The molecule has 0 fully saturated rings. The SMILES string of the molecule is COC(=O)c1cc(CNc2ccc(C#N)cc2)oc1C. The van der Waals surface area contributed by atoms with E-state index in [1.54, 1.807) is 25.1 Å². The molecular formula is C15H14N2O3. The van der Waals surface area contributed by atoms with Crippen LogP contribution < -0.4 is 5.32 Å². The van der Waals surface area contributed by atoms with Gasteiger partial charge in [0.25, 0.3) is 0 Å². The number of ether oxygens (including phenoxy) is 1. The van der Waals surface area contributed by atoms with Crippen molar-refractivity contribution in [2.75, 3.05) is 12.4 Å². The summed E-state index contributed by atoms with van der Waals surface area (Å²) in [6.45, 7) is 2.17. The van der Waals surface area contributed by atoms with Crippen molar-refractivity contribution in [3.8, 4) is 6.07 Å². The number of methoxy groups -OCH3 is 1. The fraction of sp³-hybridized carbons (Fsp3) is 0.200. The zero-order chi connectivity index (χ0) is 14.5. The van der Waals surface area contributed by atoms with Crippen molar-refractivity contribution >= 4 is 11.7 Å². The fourth-order valence-electron chi connectivity index (χ4n) is 1.80. The van der Waals surface area contributed by atoms with E-state index in [0.717, 1.165) is 5.69 Å². The zero-order valence-corrected chi connectivity index (χ0v) is 11.3. The summed E-state index contributed by atoms with van der Waals surface area (Å²) in [6, 6.07) is 10.8. The monoisotopic (exact) mass is 270 g/mol. The number of nitriles is 1. The summed E-state index contributed by atoms with van der Waals surface area (Å²) in [5.41, 5.74) is 1.92. The molecule has 0 radical (unpaired) electrons. The highest BCUT2D eigenvalue weighted by atomic mass is 16.5. The van der Waals surface area contributed by atoms with Gasteiger partial charge in [-0.2, -0.15) is 5.26 Å². The van der Waals surface area contributed by atoms with Crippen LogP contribution >= 0.6 is 0 Å². The molecule has 0 amide bonds. The molecule has 0 atom stereocenters. The van der Waals surface area contributed by atoms with Crippen LogP contribution in [0.4, 0.5) is 5.69 Å². The first kappa shape index (κ1) is 13.7. The maximum atomic E-state index is 11.5. The summed E-state index contributed by atoms with van der Waals surface area (Å²) < 4.78 is 10.2.